The van der Waals surface area contributed by atoms with E-state index in [-0.39, 0.29) is 18.8 Å². The first-order valence-corrected chi connectivity index (χ1v) is 4.74. The monoisotopic (exact) mass is 209 g/mol. The molecule has 1 aromatic carbocycles. The molecule has 0 fully saturated rings. The molecule has 0 amide bonds. The van der Waals surface area contributed by atoms with Crippen LogP contribution in [-0.4, -0.2) is 24.5 Å². The van der Waals surface area contributed by atoms with Crippen LogP contribution in [-0.2, 0) is 6.61 Å². The zero-order valence-electron chi connectivity index (χ0n) is 8.69. The molecule has 15 heavy (non-hydrogen) atoms. The van der Waals surface area contributed by atoms with Crippen molar-refractivity contribution in [2.24, 2.45) is 5.73 Å². The number of rotatable bonds is 5. The largest absolute Gasteiger partial charge is 0.496 e. The maximum absolute atomic E-state index is 11.7. The zero-order chi connectivity index (χ0) is 11.3. The fourth-order valence-electron chi connectivity index (χ4n) is 1.44. The Morgan fingerprint density at radius 1 is 1.53 bits per heavy atom. The van der Waals surface area contributed by atoms with Crippen molar-refractivity contribution in [2.45, 2.75) is 13.0 Å². The van der Waals surface area contributed by atoms with Crippen LogP contribution in [0.25, 0.3) is 0 Å². The highest BCUT2D eigenvalue weighted by Gasteiger charge is 2.14. The van der Waals surface area contributed by atoms with Gasteiger partial charge >= 0.3 is 0 Å². The molecule has 0 bridgehead atoms. The molecule has 3 N–H and O–H groups in total. The molecule has 0 radical (unpaired) electrons. The molecule has 0 heterocycles. The number of Topliss-reactive ketones (excluding diaryl/α,β-unsaturated/α-hetero) is 1. The van der Waals surface area contributed by atoms with Gasteiger partial charge in [0.1, 0.15) is 5.75 Å². The molecular weight excluding hydrogens is 194 g/mol. The number of ether oxygens (including phenoxy) is 1. The predicted molar refractivity (Wildman–Crippen MR) is 56.9 cm³/mol. The molecule has 0 aromatic heterocycles. The van der Waals surface area contributed by atoms with E-state index < -0.39 is 0 Å². The minimum atomic E-state index is -0.146. The fraction of sp³-hybridized carbons (Fsp3) is 0.364. The van der Waals surface area contributed by atoms with Crippen LogP contribution in [0.4, 0.5) is 0 Å². The molecule has 0 saturated heterocycles. The Bertz CT molecular complexity index is 350. The molecule has 0 atom stereocenters. The van der Waals surface area contributed by atoms with Gasteiger partial charge in [-0.1, -0.05) is 12.1 Å². The lowest BCUT2D eigenvalue weighted by molar-refractivity contribution is 0.0982. The number of para-hydroxylation sites is 1. The highest BCUT2D eigenvalue weighted by molar-refractivity contribution is 5.99. The summed E-state index contributed by atoms with van der Waals surface area (Å²) in [6.45, 7) is 0.165. The van der Waals surface area contributed by atoms with E-state index in [1.807, 2.05) is 0 Å². The molecule has 0 aliphatic carbocycles. The second-order valence-corrected chi connectivity index (χ2v) is 3.12. The number of carbonyl (C=O) groups is 1. The van der Waals surface area contributed by atoms with Gasteiger partial charge in [-0.15, -0.1) is 0 Å². The van der Waals surface area contributed by atoms with E-state index in [1.54, 1.807) is 18.2 Å². The first-order chi connectivity index (χ1) is 7.24. The summed E-state index contributed by atoms with van der Waals surface area (Å²) in [5.41, 5.74) is 6.41. The Kier molecular flexibility index (Phi) is 4.27. The molecule has 1 aromatic rings. The minimum Gasteiger partial charge on any atom is -0.496 e. The van der Waals surface area contributed by atoms with Gasteiger partial charge in [-0.2, -0.15) is 0 Å². The molecule has 82 valence electrons. The molecule has 4 heteroatoms. The van der Waals surface area contributed by atoms with Crippen molar-refractivity contribution >= 4 is 5.78 Å². The van der Waals surface area contributed by atoms with Crippen LogP contribution in [0.15, 0.2) is 18.2 Å². The van der Waals surface area contributed by atoms with Gasteiger partial charge in [0.05, 0.1) is 19.3 Å². The number of hydrogen-bond acceptors (Lipinski definition) is 4. The summed E-state index contributed by atoms with van der Waals surface area (Å²) in [4.78, 5) is 11.7. The van der Waals surface area contributed by atoms with Crippen molar-refractivity contribution < 1.29 is 14.6 Å². The van der Waals surface area contributed by atoms with Gasteiger partial charge in [0.15, 0.2) is 5.78 Å². The molecule has 0 aliphatic heterocycles. The number of ketones is 1. The van der Waals surface area contributed by atoms with Crippen molar-refractivity contribution in [2.75, 3.05) is 13.7 Å². The van der Waals surface area contributed by atoms with Crippen molar-refractivity contribution in [3.63, 3.8) is 0 Å². The maximum Gasteiger partial charge on any atom is 0.167 e. The Labute approximate surface area is 88.7 Å². The Morgan fingerprint density at radius 3 is 2.80 bits per heavy atom. The first-order valence-electron chi connectivity index (χ1n) is 4.74. The molecule has 0 spiro atoms. The summed E-state index contributed by atoms with van der Waals surface area (Å²) in [5, 5.41) is 9.07. The summed E-state index contributed by atoms with van der Waals surface area (Å²) in [6.07, 6.45) is 0.283. The minimum absolute atomic E-state index is 0.0651. The van der Waals surface area contributed by atoms with Crippen LogP contribution < -0.4 is 10.5 Å². The van der Waals surface area contributed by atoms with E-state index in [0.717, 1.165) is 0 Å². The summed E-state index contributed by atoms with van der Waals surface area (Å²) in [7, 11) is 1.48. The SMILES string of the molecule is COc1c(CO)cccc1C(=O)CCN. The lowest BCUT2D eigenvalue weighted by Crippen LogP contribution is -2.10. The van der Waals surface area contributed by atoms with Gasteiger partial charge in [-0.3, -0.25) is 4.79 Å². The molecule has 0 saturated carbocycles. The van der Waals surface area contributed by atoms with Crippen LogP contribution in [0.5, 0.6) is 5.75 Å². The molecule has 1 rings (SSSR count). The molecule has 0 aliphatic rings. The van der Waals surface area contributed by atoms with E-state index in [9.17, 15) is 4.79 Å². The van der Waals surface area contributed by atoms with Gasteiger partial charge in [-0.25, -0.2) is 0 Å². The quantitative estimate of drug-likeness (QED) is 0.701. The third-order valence-corrected chi connectivity index (χ3v) is 2.14. The number of aliphatic hydroxyl groups is 1. The number of nitrogens with two attached hydrogens (primary N) is 1. The predicted octanol–water partition coefficient (Wildman–Crippen LogP) is 0.719. The van der Waals surface area contributed by atoms with Crippen LogP contribution >= 0.6 is 0 Å². The average Bonchev–Trinajstić information content (AvgIpc) is 2.28. The second kappa shape index (κ2) is 5.48. The Hall–Kier alpha value is -1.39. The normalized spacial score (nSPS) is 10.1. The van der Waals surface area contributed by atoms with E-state index in [2.05, 4.69) is 0 Å². The van der Waals surface area contributed by atoms with Crippen LogP contribution in [0, 0.1) is 0 Å². The Morgan fingerprint density at radius 2 is 2.27 bits per heavy atom. The fourth-order valence-corrected chi connectivity index (χ4v) is 1.44. The first kappa shape index (κ1) is 11.7. The van der Waals surface area contributed by atoms with Gasteiger partial charge in [0, 0.05) is 12.0 Å². The van der Waals surface area contributed by atoms with E-state index >= 15 is 0 Å². The van der Waals surface area contributed by atoms with E-state index in [0.29, 0.717) is 23.4 Å². The number of hydrogen-bond donors (Lipinski definition) is 2. The van der Waals surface area contributed by atoms with Crippen molar-refractivity contribution in [3.05, 3.63) is 29.3 Å². The third kappa shape index (κ3) is 2.55. The lowest BCUT2D eigenvalue weighted by Gasteiger charge is -2.10. The Balaban J connectivity index is 3.11. The number of aliphatic hydroxyl groups excluding tert-OH is 1. The van der Waals surface area contributed by atoms with Gasteiger partial charge < -0.3 is 15.6 Å². The highest BCUT2D eigenvalue weighted by atomic mass is 16.5. The summed E-state index contributed by atoms with van der Waals surface area (Å²) < 4.78 is 5.11. The van der Waals surface area contributed by atoms with Gasteiger partial charge in [-0.05, 0) is 12.6 Å². The van der Waals surface area contributed by atoms with Crippen LogP contribution in [0.1, 0.15) is 22.3 Å². The number of benzene rings is 1. The van der Waals surface area contributed by atoms with Crippen LogP contribution in [0.2, 0.25) is 0 Å². The maximum atomic E-state index is 11.7. The average molecular weight is 209 g/mol. The number of carbonyl (C=O) groups excluding carboxylic acids is 1. The van der Waals surface area contributed by atoms with Gasteiger partial charge in [0.2, 0.25) is 0 Å². The number of methoxy groups -OCH3 is 1. The molecule has 4 nitrogen and oxygen atoms in total. The third-order valence-electron chi connectivity index (χ3n) is 2.14. The highest BCUT2D eigenvalue weighted by Crippen LogP contribution is 2.24. The van der Waals surface area contributed by atoms with Crippen LogP contribution in [0.3, 0.4) is 0 Å². The second-order valence-electron chi connectivity index (χ2n) is 3.12. The van der Waals surface area contributed by atoms with E-state index in [1.165, 1.54) is 7.11 Å². The molecule has 0 unspecified atom stereocenters. The van der Waals surface area contributed by atoms with Crippen molar-refractivity contribution in [3.8, 4) is 5.75 Å². The topological polar surface area (TPSA) is 72.5 Å². The van der Waals surface area contributed by atoms with Crippen molar-refractivity contribution in [1.82, 2.24) is 0 Å². The van der Waals surface area contributed by atoms with Gasteiger partial charge in [0.25, 0.3) is 0 Å². The van der Waals surface area contributed by atoms with Crippen molar-refractivity contribution in [1.29, 1.82) is 0 Å². The summed E-state index contributed by atoms with van der Waals surface area (Å²) >= 11 is 0. The summed E-state index contributed by atoms with van der Waals surface area (Å²) in [6, 6.07) is 5.12. The van der Waals surface area contributed by atoms with E-state index in [4.69, 9.17) is 15.6 Å². The smallest absolute Gasteiger partial charge is 0.167 e. The standard InChI is InChI=1S/C11H15NO3/c1-15-11-8(7-13)3-2-4-9(11)10(14)5-6-12/h2-4,13H,5-7,12H2,1H3. The molecular formula is C11H15NO3. The lowest BCUT2D eigenvalue weighted by atomic mass is 10.0. The summed E-state index contributed by atoms with van der Waals surface area (Å²) in [5.74, 6) is 0.378. The zero-order valence-corrected chi connectivity index (χ0v) is 8.69.